The zero-order chi connectivity index (χ0) is 13.9. The number of nitrogens with zero attached hydrogens (tertiary/aromatic N) is 2. The van der Waals surface area contributed by atoms with Crippen LogP contribution in [-0.4, -0.2) is 22.9 Å². The Kier molecular flexibility index (Phi) is 5.23. The first-order valence-electron chi connectivity index (χ1n) is 6.68. The van der Waals surface area contributed by atoms with Gasteiger partial charge in [0.25, 0.3) is 0 Å². The second-order valence-electron chi connectivity index (χ2n) is 5.92. The molecule has 0 fully saturated rings. The molecule has 1 unspecified atom stereocenters. The Labute approximate surface area is 116 Å². The van der Waals surface area contributed by atoms with Crippen LogP contribution in [0.5, 0.6) is 0 Å². The maximum absolute atomic E-state index is 6.41. The van der Waals surface area contributed by atoms with Gasteiger partial charge in [-0.2, -0.15) is 5.10 Å². The third-order valence-electron chi connectivity index (χ3n) is 3.50. The van der Waals surface area contributed by atoms with Gasteiger partial charge in [-0.25, -0.2) is 0 Å². The lowest BCUT2D eigenvalue weighted by molar-refractivity contribution is 0.287. The lowest BCUT2D eigenvalue weighted by Crippen LogP contribution is -2.30. The zero-order valence-electron chi connectivity index (χ0n) is 12.5. The van der Waals surface area contributed by atoms with Crippen molar-refractivity contribution in [3.05, 3.63) is 16.4 Å². The summed E-state index contributed by atoms with van der Waals surface area (Å²) in [7, 11) is 3.99. The highest BCUT2D eigenvalue weighted by molar-refractivity contribution is 6.31. The van der Waals surface area contributed by atoms with Gasteiger partial charge < -0.3 is 5.32 Å². The molecule has 0 saturated heterocycles. The Bertz CT molecular complexity index is 396. The normalized spacial score (nSPS) is 13.9. The summed E-state index contributed by atoms with van der Waals surface area (Å²) in [6, 6.07) is 0.512. The number of rotatable bonds is 6. The minimum Gasteiger partial charge on any atom is -0.317 e. The Balaban J connectivity index is 2.86. The van der Waals surface area contributed by atoms with Gasteiger partial charge in [-0.1, -0.05) is 32.4 Å². The van der Waals surface area contributed by atoms with Crippen LogP contribution < -0.4 is 5.32 Å². The van der Waals surface area contributed by atoms with Gasteiger partial charge in [-0.3, -0.25) is 4.68 Å². The second-order valence-corrected chi connectivity index (χ2v) is 6.30. The number of nitrogens with one attached hydrogen (secondary N) is 1. The summed E-state index contributed by atoms with van der Waals surface area (Å²) in [4.78, 5) is 0. The van der Waals surface area contributed by atoms with Gasteiger partial charge in [0.15, 0.2) is 0 Å². The van der Waals surface area contributed by atoms with E-state index in [1.165, 1.54) is 0 Å². The number of aryl methyl sites for hydroxylation is 2. The molecule has 1 rings (SSSR count). The number of hydrogen-bond acceptors (Lipinski definition) is 2. The molecule has 1 N–H and O–H groups in total. The standard InChI is InChI=1S/C14H26ClN3/c1-7-11-13(15)12(18(6)17-11)9-14(3,4)8-10(2)16-5/h10,16H,7-9H2,1-6H3. The summed E-state index contributed by atoms with van der Waals surface area (Å²) in [6.45, 7) is 8.88. The highest BCUT2D eigenvalue weighted by atomic mass is 35.5. The fourth-order valence-corrected chi connectivity index (χ4v) is 2.83. The first-order valence-corrected chi connectivity index (χ1v) is 7.06. The molecule has 18 heavy (non-hydrogen) atoms. The molecular formula is C14H26ClN3. The Morgan fingerprint density at radius 2 is 2.06 bits per heavy atom. The van der Waals surface area contributed by atoms with Crippen LogP contribution in [0.25, 0.3) is 0 Å². The van der Waals surface area contributed by atoms with Crippen molar-refractivity contribution in [2.45, 2.75) is 53.0 Å². The molecule has 0 saturated carbocycles. The number of aromatic nitrogens is 2. The maximum atomic E-state index is 6.41. The summed E-state index contributed by atoms with van der Waals surface area (Å²) < 4.78 is 1.94. The molecule has 1 atom stereocenters. The van der Waals surface area contributed by atoms with Crippen molar-refractivity contribution in [3.63, 3.8) is 0 Å². The maximum Gasteiger partial charge on any atom is 0.0849 e. The molecule has 0 aliphatic carbocycles. The van der Waals surface area contributed by atoms with E-state index in [2.05, 4.69) is 38.1 Å². The molecule has 1 aromatic rings. The molecule has 3 nitrogen and oxygen atoms in total. The molecule has 0 aliphatic heterocycles. The van der Waals surface area contributed by atoms with E-state index in [1.54, 1.807) is 0 Å². The summed E-state index contributed by atoms with van der Waals surface area (Å²) in [5.74, 6) is 0. The average molecular weight is 272 g/mol. The lowest BCUT2D eigenvalue weighted by Gasteiger charge is -2.28. The highest BCUT2D eigenvalue weighted by Crippen LogP contribution is 2.31. The van der Waals surface area contributed by atoms with Crippen LogP contribution in [0.2, 0.25) is 5.02 Å². The molecule has 0 radical (unpaired) electrons. The predicted octanol–water partition coefficient (Wildman–Crippen LogP) is 3.20. The first kappa shape index (κ1) is 15.5. The molecule has 1 heterocycles. The molecule has 0 amide bonds. The van der Waals surface area contributed by atoms with Crippen molar-refractivity contribution in [1.82, 2.24) is 15.1 Å². The third-order valence-corrected chi connectivity index (χ3v) is 3.94. The van der Waals surface area contributed by atoms with Crippen LogP contribution in [0.1, 0.15) is 45.5 Å². The van der Waals surface area contributed by atoms with Crippen LogP contribution in [0.4, 0.5) is 0 Å². The van der Waals surface area contributed by atoms with Crippen molar-refractivity contribution in [1.29, 1.82) is 0 Å². The smallest absolute Gasteiger partial charge is 0.0849 e. The van der Waals surface area contributed by atoms with E-state index in [1.807, 2.05) is 18.8 Å². The molecular weight excluding hydrogens is 246 g/mol. The zero-order valence-corrected chi connectivity index (χ0v) is 13.2. The number of halogens is 1. The van der Waals surface area contributed by atoms with E-state index >= 15 is 0 Å². The van der Waals surface area contributed by atoms with Gasteiger partial charge in [-0.15, -0.1) is 0 Å². The van der Waals surface area contributed by atoms with E-state index in [9.17, 15) is 0 Å². The molecule has 0 bridgehead atoms. The third kappa shape index (κ3) is 3.72. The molecule has 104 valence electrons. The second kappa shape index (κ2) is 6.07. The van der Waals surface area contributed by atoms with Crippen LogP contribution in [-0.2, 0) is 19.9 Å². The molecule has 4 heteroatoms. The van der Waals surface area contributed by atoms with E-state index in [0.29, 0.717) is 6.04 Å². The molecule has 0 aliphatic rings. The predicted molar refractivity (Wildman–Crippen MR) is 78.2 cm³/mol. The van der Waals surface area contributed by atoms with Crippen molar-refractivity contribution in [3.8, 4) is 0 Å². The quantitative estimate of drug-likeness (QED) is 0.861. The Morgan fingerprint density at radius 1 is 1.44 bits per heavy atom. The lowest BCUT2D eigenvalue weighted by atomic mass is 9.81. The SMILES string of the molecule is CCc1nn(C)c(CC(C)(C)CC(C)NC)c1Cl. The summed E-state index contributed by atoms with van der Waals surface area (Å²) in [6.07, 6.45) is 2.97. The van der Waals surface area contributed by atoms with Crippen molar-refractivity contribution < 1.29 is 0 Å². The fourth-order valence-electron chi connectivity index (χ4n) is 2.47. The topological polar surface area (TPSA) is 29.9 Å². The van der Waals surface area contributed by atoms with E-state index in [4.69, 9.17) is 11.6 Å². The Hall–Kier alpha value is -0.540. The highest BCUT2D eigenvalue weighted by Gasteiger charge is 2.25. The van der Waals surface area contributed by atoms with Crippen LogP contribution >= 0.6 is 11.6 Å². The van der Waals surface area contributed by atoms with Crippen LogP contribution in [0.15, 0.2) is 0 Å². The van der Waals surface area contributed by atoms with E-state index < -0.39 is 0 Å². The molecule has 1 aromatic heterocycles. The van der Waals surface area contributed by atoms with Gasteiger partial charge in [0, 0.05) is 13.1 Å². The largest absolute Gasteiger partial charge is 0.317 e. The minimum absolute atomic E-state index is 0.213. The van der Waals surface area contributed by atoms with Gasteiger partial charge in [0.2, 0.25) is 0 Å². The number of hydrogen-bond donors (Lipinski definition) is 1. The molecule has 0 spiro atoms. The van der Waals surface area contributed by atoms with Gasteiger partial charge in [-0.05, 0) is 38.6 Å². The van der Waals surface area contributed by atoms with E-state index in [0.717, 1.165) is 35.7 Å². The first-order chi connectivity index (χ1) is 8.30. The molecule has 0 aromatic carbocycles. The van der Waals surface area contributed by atoms with Crippen molar-refractivity contribution in [2.75, 3.05) is 7.05 Å². The average Bonchev–Trinajstić information content (AvgIpc) is 2.55. The van der Waals surface area contributed by atoms with Crippen molar-refractivity contribution >= 4 is 11.6 Å². The van der Waals surface area contributed by atoms with Crippen LogP contribution in [0.3, 0.4) is 0 Å². The van der Waals surface area contributed by atoms with Gasteiger partial charge in [0.05, 0.1) is 16.4 Å². The minimum atomic E-state index is 0.213. The van der Waals surface area contributed by atoms with E-state index in [-0.39, 0.29) is 5.41 Å². The van der Waals surface area contributed by atoms with Gasteiger partial charge in [0.1, 0.15) is 0 Å². The van der Waals surface area contributed by atoms with Gasteiger partial charge >= 0.3 is 0 Å². The Morgan fingerprint density at radius 3 is 2.50 bits per heavy atom. The monoisotopic (exact) mass is 271 g/mol. The van der Waals surface area contributed by atoms with Crippen molar-refractivity contribution in [2.24, 2.45) is 12.5 Å². The summed E-state index contributed by atoms with van der Waals surface area (Å²) in [5, 5.41) is 8.63. The van der Waals surface area contributed by atoms with Crippen LogP contribution in [0, 0.1) is 5.41 Å². The summed E-state index contributed by atoms with van der Waals surface area (Å²) in [5.41, 5.74) is 2.37. The fraction of sp³-hybridized carbons (Fsp3) is 0.786. The summed E-state index contributed by atoms with van der Waals surface area (Å²) >= 11 is 6.41.